The maximum Gasteiger partial charge on any atom is 0.254 e. The molecule has 5 nitrogen and oxygen atoms in total. The molecule has 0 aliphatic carbocycles. The minimum Gasteiger partial charge on any atom is -0.352 e. The monoisotopic (exact) mass is 317 g/mol. The average Bonchev–Trinajstić information content (AvgIpc) is 2.52. The van der Waals surface area contributed by atoms with Crippen LogP contribution in [0.1, 0.15) is 48.4 Å². The molecule has 1 atom stereocenters. The highest BCUT2D eigenvalue weighted by Crippen LogP contribution is 2.13. The van der Waals surface area contributed by atoms with Gasteiger partial charge in [0.1, 0.15) is 0 Å². The summed E-state index contributed by atoms with van der Waals surface area (Å²) in [6, 6.07) is 7.11. The van der Waals surface area contributed by atoms with Crippen molar-refractivity contribution >= 4 is 11.8 Å². The fourth-order valence-electron chi connectivity index (χ4n) is 2.52. The van der Waals surface area contributed by atoms with E-state index in [-0.39, 0.29) is 23.3 Å². The fraction of sp³-hybridized carbons (Fsp3) is 0.556. The largest absolute Gasteiger partial charge is 0.352 e. The molecule has 2 N–H and O–H groups in total. The maximum absolute atomic E-state index is 12.5. The van der Waals surface area contributed by atoms with E-state index in [1.54, 1.807) is 24.3 Å². The van der Waals surface area contributed by atoms with Crippen molar-refractivity contribution in [2.45, 2.75) is 33.7 Å². The van der Waals surface area contributed by atoms with E-state index in [0.717, 1.165) is 13.1 Å². The highest BCUT2D eigenvalue weighted by atomic mass is 16.2. The minimum absolute atomic E-state index is 0.0284. The molecule has 1 saturated heterocycles. The van der Waals surface area contributed by atoms with E-state index in [4.69, 9.17) is 0 Å². The predicted molar refractivity (Wildman–Crippen MR) is 91.6 cm³/mol. The second-order valence-corrected chi connectivity index (χ2v) is 7.37. The van der Waals surface area contributed by atoms with Gasteiger partial charge in [0.25, 0.3) is 11.8 Å². The molecule has 0 bridgehead atoms. The number of benzene rings is 1. The number of nitrogens with one attached hydrogen (secondary N) is 2. The Balaban J connectivity index is 2.01. The van der Waals surface area contributed by atoms with Crippen molar-refractivity contribution in [2.75, 3.05) is 26.2 Å². The van der Waals surface area contributed by atoms with Gasteiger partial charge in [-0.25, -0.2) is 0 Å². The lowest BCUT2D eigenvalue weighted by molar-refractivity contribution is 0.0655. The highest BCUT2D eigenvalue weighted by Gasteiger charge is 2.24. The molecule has 126 valence electrons. The summed E-state index contributed by atoms with van der Waals surface area (Å²) in [5, 5.41) is 6.19. The summed E-state index contributed by atoms with van der Waals surface area (Å²) in [6.07, 6.45) is 0. The molecule has 1 aromatic rings. The van der Waals surface area contributed by atoms with Crippen LogP contribution in [0.25, 0.3) is 0 Å². The number of hydrogen-bond acceptors (Lipinski definition) is 3. The van der Waals surface area contributed by atoms with Crippen molar-refractivity contribution in [3.05, 3.63) is 35.4 Å². The Morgan fingerprint density at radius 2 is 1.83 bits per heavy atom. The van der Waals surface area contributed by atoms with Gasteiger partial charge in [-0.1, -0.05) is 20.8 Å². The molecule has 1 heterocycles. The predicted octanol–water partition coefficient (Wildman–Crippen LogP) is 1.90. The quantitative estimate of drug-likeness (QED) is 0.895. The standard InChI is InChI=1S/C18H27N3O2/c1-13-11-19-9-10-21(13)17(23)15-7-5-14(6-8-15)16(22)20-12-18(2,3)4/h5-8,13,19H,9-12H2,1-4H3,(H,20,22). The van der Waals surface area contributed by atoms with Gasteiger partial charge in [0.2, 0.25) is 0 Å². The molecule has 1 fully saturated rings. The molecule has 2 amide bonds. The van der Waals surface area contributed by atoms with E-state index in [1.807, 2.05) is 11.8 Å². The number of carbonyl (C=O) groups excluding carboxylic acids is 2. The van der Waals surface area contributed by atoms with Crippen LogP contribution in [-0.2, 0) is 0 Å². The second-order valence-electron chi connectivity index (χ2n) is 7.37. The van der Waals surface area contributed by atoms with E-state index in [1.165, 1.54) is 0 Å². The number of rotatable bonds is 3. The summed E-state index contributed by atoms with van der Waals surface area (Å²) < 4.78 is 0. The summed E-state index contributed by atoms with van der Waals surface area (Å²) in [4.78, 5) is 26.5. The third kappa shape index (κ3) is 4.79. The third-order valence-electron chi connectivity index (χ3n) is 3.94. The molecule has 1 aliphatic rings. The molecular weight excluding hydrogens is 290 g/mol. The first kappa shape index (κ1) is 17.5. The molecule has 0 aromatic heterocycles. The first-order valence-corrected chi connectivity index (χ1v) is 8.18. The fourth-order valence-corrected chi connectivity index (χ4v) is 2.52. The molecular formula is C18H27N3O2. The van der Waals surface area contributed by atoms with Gasteiger partial charge in [-0.3, -0.25) is 9.59 Å². The second kappa shape index (κ2) is 7.13. The van der Waals surface area contributed by atoms with Crippen LogP contribution in [-0.4, -0.2) is 48.9 Å². The molecule has 23 heavy (non-hydrogen) atoms. The molecule has 2 rings (SSSR count). The summed E-state index contributed by atoms with van der Waals surface area (Å²) in [5.74, 6) is -0.0740. The van der Waals surface area contributed by atoms with Gasteiger partial charge < -0.3 is 15.5 Å². The first-order chi connectivity index (χ1) is 10.8. The molecule has 0 spiro atoms. The van der Waals surface area contributed by atoms with E-state index >= 15 is 0 Å². The Bertz CT molecular complexity index is 561. The average molecular weight is 317 g/mol. The van der Waals surface area contributed by atoms with Crippen LogP contribution >= 0.6 is 0 Å². The van der Waals surface area contributed by atoms with Gasteiger partial charge in [0.05, 0.1) is 0 Å². The van der Waals surface area contributed by atoms with Crippen molar-refractivity contribution in [1.82, 2.24) is 15.5 Å². The summed E-state index contributed by atoms with van der Waals surface area (Å²) >= 11 is 0. The number of carbonyl (C=O) groups is 2. The Hall–Kier alpha value is -1.88. The molecule has 1 unspecified atom stereocenters. The van der Waals surface area contributed by atoms with Crippen molar-refractivity contribution < 1.29 is 9.59 Å². The van der Waals surface area contributed by atoms with Crippen molar-refractivity contribution in [2.24, 2.45) is 5.41 Å². The highest BCUT2D eigenvalue weighted by molar-refractivity contribution is 5.98. The Labute approximate surface area is 138 Å². The van der Waals surface area contributed by atoms with Gasteiger partial charge in [0, 0.05) is 43.3 Å². The lowest BCUT2D eigenvalue weighted by atomic mass is 9.97. The zero-order valence-corrected chi connectivity index (χ0v) is 14.5. The number of hydrogen-bond donors (Lipinski definition) is 2. The zero-order chi connectivity index (χ0) is 17.0. The number of piperazine rings is 1. The summed E-state index contributed by atoms with van der Waals surface area (Å²) in [6.45, 7) is 11.2. The van der Waals surface area contributed by atoms with Gasteiger partial charge in [-0.15, -0.1) is 0 Å². The minimum atomic E-state index is -0.102. The Morgan fingerprint density at radius 3 is 2.39 bits per heavy atom. The normalized spacial score (nSPS) is 18.6. The molecule has 5 heteroatoms. The zero-order valence-electron chi connectivity index (χ0n) is 14.5. The number of amides is 2. The third-order valence-corrected chi connectivity index (χ3v) is 3.94. The van der Waals surface area contributed by atoms with E-state index in [9.17, 15) is 9.59 Å². The van der Waals surface area contributed by atoms with Gasteiger partial charge in [0.15, 0.2) is 0 Å². The van der Waals surface area contributed by atoms with Crippen LogP contribution in [0.3, 0.4) is 0 Å². The smallest absolute Gasteiger partial charge is 0.254 e. The van der Waals surface area contributed by atoms with Crippen molar-refractivity contribution in [1.29, 1.82) is 0 Å². The Kier molecular flexibility index (Phi) is 5.42. The van der Waals surface area contributed by atoms with Crippen molar-refractivity contribution in [3.63, 3.8) is 0 Å². The molecule has 1 aromatic carbocycles. The lowest BCUT2D eigenvalue weighted by Gasteiger charge is -2.34. The maximum atomic E-state index is 12.5. The van der Waals surface area contributed by atoms with Crippen LogP contribution in [0, 0.1) is 5.41 Å². The van der Waals surface area contributed by atoms with Crippen LogP contribution in [0.15, 0.2) is 24.3 Å². The summed E-state index contributed by atoms with van der Waals surface area (Å²) in [5.41, 5.74) is 1.26. The van der Waals surface area contributed by atoms with Crippen LogP contribution in [0.5, 0.6) is 0 Å². The first-order valence-electron chi connectivity index (χ1n) is 8.18. The number of nitrogens with zero attached hydrogens (tertiary/aromatic N) is 1. The van der Waals surface area contributed by atoms with E-state index < -0.39 is 0 Å². The van der Waals surface area contributed by atoms with Crippen LogP contribution in [0.4, 0.5) is 0 Å². The van der Waals surface area contributed by atoms with E-state index in [0.29, 0.717) is 24.2 Å². The topological polar surface area (TPSA) is 61.4 Å². The molecule has 1 aliphatic heterocycles. The molecule has 0 saturated carbocycles. The SMILES string of the molecule is CC1CNCCN1C(=O)c1ccc(C(=O)NCC(C)(C)C)cc1. The van der Waals surface area contributed by atoms with Crippen LogP contribution < -0.4 is 10.6 Å². The Morgan fingerprint density at radius 1 is 1.22 bits per heavy atom. The van der Waals surface area contributed by atoms with Crippen molar-refractivity contribution in [3.8, 4) is 0 Å². The summed E-state index contributed by atoms with van der Waals surface area (Å²) in [7, 11) is 0. The lowest BCUT2D eigenvalue weighted by Crippen LogP contribution is -2.52. The van der Waals surface area contributed by atoms with Gasteiger partial charge in [-0.05, 0) is 36.6 Å². The van der Waals surface area contributed by atoms with Crippen LogP contribution in [0.2, 0.25) is 0 Å². The van der Waals surface area contributed by atoms with Gasteiger partial charge in [-0.2, -0.15) is 0 Å². The molecule has 0 radical (unpaired) electrons. The van der Waals surface area contributed by atoms with Gasteiger partial charge >= 0.3 is 0 Å². The van der Waals surface area contributed by atoms with E-state index in [2.05, 4.69) is 31.4 Å².